The van der Waals surface area contributed by atoms with Crippen molar-refractivity contribution in [1.82, 2.24) is 9.38 Å². The molecule has 10 heteroatoms. The van der Waals surface area contributed by atoms with Gasteiger partial charge in [0.1, 0.15) is 5.82 Å². The van der Waals surface area contributed by atoms with Crippen LogP contribution in [0.15, 0.2) is 67.0 Å². The van der Waals surface area contributed by atoms with Gasteiger partial charge in [0.25, 0.3) is 0 Å². The Morgan fingerprint density at radius 2 is 1.68 bits per heavy atom. The van der Waals surface area contributed by atoms with E-state index in [9.17, 15) is 22.4 Å². The van der Waals surface area contributed by atoms with Crippen molar-refractivity contribution in [2.75, 3.05) is 16.4 Å². The van der Waals surface area contributed by atoms with Crippen LogP contribution in [0.25, 0.3) is 16.6 Å². The molecule has 0 saturated heterocycles. The minimum Gasteiger partial charge on any atom is -0.369 e. The van der Waals surface area contributed by atoms with Gasteiger partial charge in [-0.15, -0.1) is 0 Å². The van der Waals surface area contributed by atoms with Gasteiger partial charge in [0.05, 0.1) is 17.3 Å². The average Bonchev–Trinajstić information content (AvgIpc) is 3.09. The average molecular weight is 429 g/mol. The normalized spacial score (nSPS) is 11.5. The highest BCUT2D eigenvalue weighted by molar-refractivity contribution is 6.00. The number of pyridine rings is 1. The zero-order valence-corrected chi connectivity index (χ0v) is 15.7. The second kappa shape index (κ2) is 7.63. The number of rotatable bonds is 3. The number of halogens is 4. The summed E-state index contributed by atoms with van der Waals surface area (Å²) < 4.78 is 53.3. The first-order valence-corrected chi connectivity index (χ1v) is 8.99. The van der Waals surface area contributed by atoms with Gasteiger partial charge in [0.15, 0.2) is 0 Å². The summed E-state index contributed by atoms with van der Waals surface area (Å²) in [5, 5.41) is 4.84. The molecule has 6 nitrogen and oxygen atoms in total. The van der Waals surface area contributed by atoms with Gasteiger partial charge < -0.3 is 16.4 Å². The Morgan fingerprint density at radius 3 is 2.35 bits per heavy atom. The number of carbonyl (C=O) groups is 1. The molecule has 0 bridgehead atoms. The van der Waals surface area contributed by atoms with Gasteiger partial charge in [-0.1, -0.05) is 18.2 Å². The van der Waals surface area contributed by atoms with E-state index >= 15 is 0 Å². The van der Waals surface area contributed by atoms with E-state index in [0.717, 1.165) is 22.7 Å². The molecule has 0 unspecified atom stereocenters. The lowest BCUT2D eigenvalue weighted by Gasteiger charge is -2.11. The number of fused-ring (bicyclic) bond motifs is 1. The standard InChI is InChI=1S/C21H15F4N5O/c22-17-10-14(7-8-16(17)21(23,24)25)29-20(31)28-13-5-3-12(4-6-13)15-2-1-9-30-18(15)11-27-19(30)26/h1-11H,(H2,26,27)(H2,28,29,31). The maximum Gasteiger partial charge on any atom is 0.419 e. The van der Waals surface area contributed by atoms with E-state index in [4.69, 9.17) is 5.73 Å². The monoisotopic (exact) mass is 429 g/mol. The van der Waals surface area contributed by atoms with Gasteiger partial charge in [-0.2, -0.15) is 13.2 Å². The summed E-state index contributed by atoms with van der Waals surface area (Å²) in [5.74, 6) is -1.10. The molecule has 0 aliphatic heterocycles. The van der Waals surface area contributed by atoms with E-state index in [1.165, 1.54) is 0 Å². The SMILES string of the molecule is Nc1ncc2c(-c3ccc(NC(=O)Nc4ccc(C(F)(F)F)c(F)c4)cc3)cccn12. The van der Waals surface area contributed by atoms with Gasteiger partial charge in [-0.05, 0) is 42.0 Å². The minimum atomic E-state index is -4.81. The quantitative estimate of drug-likeness (QED) is 0.382. The van der Waals surface area contributed by atoms with E-state index in [1.54, 1.807) is 41.1 Å². The van der Waals surface area contributed by atoms with Gasteiger partial charge in [-0.25, -0.2) is 14.2 Å². The molecule has 0 radical (unpaired) electrons. The molecule has 0 aliphatic carbocycles. The lowest BCUT2D eigenvalue weighted by molar-refractivity contribution is -0.139. The molecule has 158 valence electrons. The van der Waals surface area contributed by atoms with Crippen molar-refractivity contribution in [3.8, 4) is 11.1 Å². The van der Waals surface area contributed by atoms with Crippen LogP contribution < -0.4 is 16.4 Å². The fourth-order valence-electron chi connectivity index (χ4n) is 3.14. The first kappa shape index (κ1) is 20.2. The third-order valence-electron chi connectivity index (χ3n) is 4.59. The summed E-state index contributed by atoms with van der Waals surface area (Å²) >= 11 is 0. The van der Waals surface area contributed by atoms with Crippen LogP contribution in [0, 0.1) is 5.82 Å². The number of imidazole rings is 1. The third-order valence-corrected chi connectivity index (χ3v) is 4.59. The molecule has 0 atom stereocenters. The van der Waals surface area contributed by atoms with Crippen molar-refractivity contribution < 1.29 is 22.4 Å². The number of hydrogen-bond donors (Lipinski definition) is 3. The van der Waals surface area contributed by atoms with Crippen LogP contribution in [-0.4, -0.2) is 15.4 Å². The highest BCUT2D eigenvalue weighted by atomic mass is 19.4. The maximum atomic E-state index is 13.6. The van der Waals surface area contributed by atoms with Crippen LogP contribution in [-0.2, 0) is 6.18 Å². The minimum absolute atomic E-state index is 0.107. The summed E-state index contributed by atoms with van der Waals surface area (Å²) in [5.41, 5.74) is 7.33. The molecule has 4 N–H and O–H groups in total. The molecule has 2 aromatic heterocycles. The zero-order valence-electron chi connectivity index (χ0n) is 15.7. The van der Waals surface area contributed by atoms with Crippen molar-refractivity contribution in [3.05, 3.63) is 78.4 Å². The first-order chi connectivity index (χ1) is 14.7. The molecular formula is C21H15F4N5O. The predicted molar refractivity (Wildman–Crippen MR) is 109 cm³/mol. The lowest BCUT2D eigenvalue weighted by atomic mass is 10.1. The van der Waals surface area contributed by atoms with E-state index < -0.39 is 23.6 Å². The number of amides is 2. The number of anilines is 3. The molecule has 4 rings (SSSR count). The smallest absolute Gasteiger partial charge is 0.369 e. The lowest BCUT2D eigenvalue weighted by Crippen LogP contribution is -2.19. The highest BCUT2D eigenvalue weighted by Crippen LogP contribution is 2.32. The number of nitrogens with one attached hydrogen (secondary N) is 2. The zero-order chi connectivity index (χ0) is 22.2. The van der Waals surface area contributed by atoms with Gasteiger partial charge in [-0.3, -0.25) is 4.40 Å². The number of nitrogen functional groups attached to an aromatic ring is 1. The molecule has 4 aromatic rings. The van der Waals surface area contributed by atoms with E-state index in [1.807, 2.05) is 12.1 Å². The number of benzene rings is 2. The molecule has 2 aromatic carbocycles. The molecule has 0 fully saturated rings. The fraction of sp³-hybridized carbons (Fsp3) is 0.0476. The maximum absolute atomic E-state index is 13.6. The molecule has 2 amide bonds. The second-order valence-corrected chi connectivity index (χ2v) is 6.64. The Hall–Kier alpha value is -4.08. The Morgan fingerprint density at radius 1 is 1.00 bits per heavy atom. The van der Waals surface area contributed by atoms with Gasteiger partial charge >= 0.3 is 12.2 Å². The largest absolute Gasteiger partial charge is 0.419 e. The van der Waals surface area contributed by atoms with Crippen LogP contribution in [0.2, 0.25) is 0 Å². The predicted octanol–water partition coefficient (Wildman–Crippen LogP) is 5.39. The van der Waals surface area contributed by atoms with Crippen molar-refractivity contribution in [2.45, 2.75) is 6.18 Å². The Kier molecular flexibility index (Phi) is 4.97. The number of alkyl halides is 3. The van der Waals surface area contributed by atoms with Crippen LogP contribution in [0.3, 0.4) is 0 Å². The van der Waals surface area contributed by atoms with Crippen LogP contribution in [0.1, 0.15) is 5.56 Å². The van der Waals surface area contributed by atoms with Gasteiger partial charge in [0.2, 0.25) is 5.95 Å². The highest BCUT2D eigenvalue weighted by Gasteiger charge is 2.33. The van der Waals surface area contributed by atoms with Crippen LogP contribution >= 0.6 is 0 Å². The Bertz CT molecular complexity index is 1270. The topological polar surface area (TPSA) is 84.4 Å². The summed E-state index contributed by atoms with van der Waals surface area (Å²) in [6, 6.07) is 12.1. The summed E-state index contributed by atoms with van der Waals surface area (Å²) in [6.07, 6.45) is -1.35. The molecule has 0 spiro atoms. The third kappa shape index (κ3) is 4.13. The molecule has 0 saturated carbocycles. The first-order valence-electron chi connectivity index (χ1n) is 8.99. The summed E-state index contributed by atoms with van der Waals surface area (Å²) in [6.45, 7) is 0. The Labute approximate surface area is 173 Å². The van der Waals surface area contributed by atoms with Crippen molar-refractivity contribution in [2.24, 2.45) is 0 Å². The molecule has 31 heavy (non-hydrogen) atoms. The van der Waals surface area contributed by atoms with Crippen molar-refractivity contribution in [3.63, 3.8) is 0 Å². The van der Waals surface area contributed by atoms with E-state index in [-0.39, 0.29) is 5.69 Å². The van der Waals surface area contributed by atoms with E-state index in [0.29, 0.717) is 23.8 Å². The molecular weight excluding hydrogens is 414 g/mol. The number of carbonyl (C=O) groups excluding carboxylic acids is 1. The van der Waals surface area contributed by atoms with Crippen molar-refractivity contribution >= 4 is 28.9 Å². The fourth-order valence-corrected chi connectivity index (χ4v) is 3.14. The van der Waals surface area contributed by atoms with Crippen LogP contribution in [0.5, 0.6) is 0 Å². The summed E-state index contributed by atoms with van der Waals surface area (Å²) in [4.78, 5) is 16.2. The second-order valence-electron chi connectivity index (χ2n) is 6.64. The van der Waals surface area contributed by atoms with E-state index in [2.05, 4.69) is 15.6 Å². The number of hydrogen-bond acceptors (Lipinski definition) is 3. The number of nitrogens with two attached hydrogens (primary N) is 1. The number of nitrogens with zero attached hydrogens (tertiary/aromatic N) is 2. The number of urea groups is 1. The van der Waals surface area contributed by atoms with Gasteiger partial charge in [0, 0.05) is 23.1 Å². The Balaban J connectivity index is 1.47. The van der Waals surface area contributed by atoms with Crippen molar-refractivity contribution in [1.29, 1.82) is 0 Å². The molecule has 2 heterocycles. The van der Waals surface area contributed by atoms with Crippen LogP contribution in [0.4, 0.5) is 39.7 Å². The molecule has 0 aliphatic rings. The number of aromatic nitrogens is 2. The summed E-state index contributed by atoms with van der Waals surface area (Å²) in [7, 11) is 0.